The average Bonchev–Trinajstić information content (AvgIpc) is 3.48. The van der Waals surface area contributed by atoms with Crippen LogP contribution in [0, 0.1) is 6.92 Å². The molecule has 0 bridgehead atoms. The van der Waals surface area contributed by atoms with Gasteiger partial charge in [-0.2, -0.15) is 0 Å². The van der Waals surface area contributed by atoms with Crippen LogP contribution in [0.3, 0.4) is 0 Å². The molecule has 8 nitrogen and oxygen atoms in total. The molecule has 3 heterocycles. The molecule has 1 atom stereocenters. The van der Waals surface area contributed by atoms with Gasteiger partial charge in [0.25, 0.3) is 5.91 Å². The normalized spacial score (nSPS) is 16.0. The Hall–Kier alpha value is -3.43. The lowest BCUT2D eigenvalue weighted by Gasteiger charge is -2.24. The number of carbonyl (C=O) groups is 3. The molecule has 1 aromatic carbocycles. The number of amides is 1. The molecule has 4 rings (SSSR count). The predicted octanol–water partition coefficient (Wildman–Crippen LogP) is 4.66. The van der Waals surface area contributed by atoms with E-state index in [1.165, 1.54) is 23.3 Å². The number of carbonyl (C=O) groups excluding carboxylic acids is 3. The summed E-state index contributed by atoms with van der Waals surface area (Å²) < 4.78 is 10.2. The van der Waals surface area contributed by atoms with Crippen LogP contribution in [-0.4, -0.2) is 34.4 Å². The summed E-state index contributed by atoms with van der Waals surface area (Å²) in [6.45, 7) is 3.49. The molecule has 3 aromatic rings. The Morgan fingerprint density at radius 2 is 2.00 bits per heavy atom. The molecule has 2 aromatic heterocycles. The fourth-order valence-corrected chi connectivity index (χ4v) is 4.52. The highest BCUT2D eigenvalue weighted by molar-refractivity contribution is 7.17. The molecule has 164 valence electrons. The van der Waals surface area contributed by atoms with Crippen molar-refractivity contribution in [3.8, 4) is 0 Å². The summed E-state index contributed by atoms with van der Waals surface area (Å²) in [5.41, 5.74) is 0.737. The van der Waals surface area contributed by atoms with Crippen LogP contribution in [0.15, 0.2) is 58.4 Å². The van der Waals surface area contributed by atoms with Gasteiger partial charge in [0.15, 0.2) is 16.7 Å². The van der Waals surface area contributed by atoms with Gasteiger partial charge < -0.3 is 14.3 Å². The number of Topliss-reactive ketones (excluding diaryl/α,β-unsaturated/α-hetero) is 1. The molecule has 0 fully saturated rings. The number of hydrogen-bond donors (Lipinski definition) is 1. The van der Waals surface area contributed by atoms with E-state index in [2.05, 4.69) is 4.98 Å². The van der Waals surface area contributed by atoms with Crippen molar-refractivity contribution in [1.29, 1.82) is 0 Å². The number of rotatable bonds is 6. The first-order chi connectivity index (χ1) is 15.3. The second kappa shape index (κ2) is 8.60. The summed E-state index contributed by atoms with van der Waals surface area (Å²) in [7, 11) is 0. The topological polar surface area (TPSA) is 110 Å². The number of esters is 1. The fraction of sp³-hybridized carbons (Fsp3) is 0.182. The maximum atomic E-state index is 13.1. The van der Waals surface area contributed by atoms with Gasteiger partial charge in [-0.05, 0) is 43.7 Å². The van der Waals surface area contributed by atoms with Crippen LogP contribution in [0.4, 0.5) is 5.13 Å². The molecule has 0 radical (unpaired) electrons. The highest BCUT2D eigenvalue weighted by Gasteiger charge is 2.46. The van der Waals surface area contributed by atoms with Crippen LogP contribution in [0.1, 0.15) is 44.4 Å². The lowest BCUT2D eigenvalue weighted by Crippen LogP contribution is -2.31. The third-order valence-electron chi connectivity index (χ3n) is 4.84. The van der Waals surface area contributed by atoms with Gasteiger partial charge in [0.05, 0.1) is 30.2 Å². The predicted molar refractivity (Wildman–Crippen MR) is 117 cm³/mol. The lowest BCUT2D eigenvalue weighted by atomic mass is 9.95. The monoisotopic (exact) mass is 472 g/mol. The first-order valence-electron chi connectivity index (χ1n) is 9.58. The Kier molecular flexibility index (Phi) is 5.86. The molecule has 1 unspecified atom stereocenters. The zero-order valence-electron chi connectivity index (χ0n) is 17.0. The number of furan rings is 1. The van der Waals surface area contributed by atoms with E-state index in [1.807, 2.05) is 0 Å². The van der Waals surface area contributed by atoms with E-state index in [0.717, 1.165) is 11.3 Å². The molecular formula is C22H17ClN2O6S. The van der Waals surface area contributed by atoms with E-state index >= 15 is 0 Å². The number of benzene rings is 1. The molecule has 0 aliphatic carbocycles. The quantitative estimate of drug-likeness (QED) is 0.410. The van der Waals surface area contributed by atoms with Gasteiger partial charge in [-0.15, -0.1) is 0 Å². The number of aryl methyl sites for hydroxylation is 1. The number of aliphatic hydroxyl groups excluding tert-OH is 1. The van der Waals surface area contributed by atoms with Crippen molar-refractivity contribution in [1.82, 2.24) is 4.98 Å². The Labute approximate surface area is 191 Å². The van der Waals surface area contributed by atoms with Crippen molar-refractivity contribution >= 4 is 45.7 Å². The van der Waals surface area contributed by atoms with E-state index in [9.17, 15) is 19.5 Å². The largest absolute Gasteiger partial charge is 0.503 e. The van der Waals surface area contributed by atoms with Crippen molar-refractivity contribution < 1.29 is 28.6 Å². The third-order valence-corrected chi connectivity index (χ3v) is 6.22. The smallest absolute Gasteiger partial charge is 0.350 e. The zero-order valence-corrected chi connectivity index (χ0v) is 18.6. The summed E-state index contributed by atoms with van der Waals surface area (Å²) in [5, 5.41) is 11.3. The van der Waals surface area contributed by atoms with Crippen LogP contribution in [0.5, 0.6) is 0 Å². The van der Waals surface area contributed by atoms with Gasteiger partial charge in [-0.1, -0.05) is 35.1 Å². The first kappa shape index (κ1) is 21.8. The van der Waals surface area contributed by atoms with Gasteiger partial charge in [0.2, 0.25) is 5.78 Å². The second-order valence-corrected chi connectivity index (χ2v) is 8.24. The number of ketones is 1. The maximum Gasteiger partial charge on any atom is 0.350 e. The van der Waals surface area contributed by atoms with Gasteiger partial charge in [0.1, 0.15) is 4.88 Å². The Bertz CT molecular complexity index is 1230. The van der Waals surface area contributed by atoms with Crippen molar-refractivity contribution in [2.75, 3.05) is 11.5 Å². The second-order valence-electron chi connectivity index (χ2n) is 6.83. The molecule has 1 aliphatic rings. The minimum absolute atomic E-state index is 0.0253. The van der Waals surface area contributed by atoms with E-state index in [1.54, 1.807) is 38.1 Å². The number of hydrogen-bond acceptors (Lipinski definition) is 8. The molecule has 1 amide bonds. The number of anilines is 1. The van der Waals surface area contributed by atoms with E-state index < -0.39 is 29.5 Å². The number of aromatic nitrogens is 1. The van der Waals surface area contributed by atoms with Crippen molar-refractivity contribution in [3.05, 3.63) is 80.9 Å². The van der Waals surface area contributed by atoms with E-state index in [4.69, 9.17) is 20.8 Å². The molecular weight excluding hydrogens is 456 g/mol. The van der Waals surface area contributed by atoms with Crippen molar-refractivity contribution in [2.24, 2.45) is 0 Å². The molecule has 1 N–H and O–H groups in total. The Morgan fingerprint density at radius 3 is 2.62 bits per heavy atom. The SMILES string of the molecule is CCOC(=O)c1sc(N2C(=O)C(O)=C(C(=O)c3ccco3)C2c2ccc(Cl)cc2)nc1C. The van der Waals surface area contributed by atoms with Crippen LogP contribution < -0.4 is 4.90 Å². The fourth-order valence-electron chi connectivity index (χ4n) is 3.41. The van der Waals surface area contributed by atoms with Gasteiger partial charge in [-0.25, -0.2) is 9.78 Å². The summed E-state index contributed by atoms with van der Waals surface area (Å²) in [4.78, 5) is 44.3. The van der Waals surface area contributed by atoms with Crippen molar-refractivity contribution in [3.63, 3.8) is 0 Å². The Morgan fingerprint density at radius 1 is 1.28 bits per heavy atom. The molecule has 0 saturated carbocycles. The number of nitrogens with zero attached hydrogens (tertiary/aromatic N) is 2. The van der Waals surface area contributed by atoms with Gasteiger partial charge in [-0.3, -0.25) is 14.5 Å². The highest BCUT2D eigenvalue weighted by atomic mass is 35.5. The summed E-state index contributed by atoms with van der Waals surface area (Å²) in [6, 6.07) is 8.50. The standard InChI is InChI=1S/C22H17ClN2O6S/c1-3-30-21(29)19-11(2)24-22(32-19)25-16(12-6-8-13(23)9-7-12)15(18(27)20(25)28)17(26)14-5-4-10-31-14/h4-10,16,27H,3H2,1-2H3. The summed E-state index contributed by atoms with van der Waals surface area (Å²) in [5.74, 6) is -2.75. The molecule has 32 heavy (non-hydrogen) atoms. The number of halogens is 1. The summed E-state index contributed by atoms with van der Waals surface area (Å²) in [6.07, 6.45) is 1.33. The minimum atomic E-state index is -1.00. The molecule has 0 spiro atoms. The van der Waals surface area contributed by atoms with Gasteiger partial charge in [0, 0.05) is 5.02 Å². The molecule has 1 aliphatic heterocycles. The van der Waals surface area contributed by atoms with E-state index in [-0.39, 0.29) is 27.9 Å². The highest BCUT2D eigenvalue weighted by Crippen LogP contribution is 2.44. The van der Waals surface area contributed by atoms with Crippen LogP contribution in [0.25, 0.3) is 0 Å². The maximum absolute atomic E-state index is 13.1. The number of aliphatic hydroxyl groups is 1. The van der Waals surface area contributed by atoms with Crippen LogP contribution in [0.2, 0.25) is 5.02 Å². The zero-order chi connectivity index (χ0) is 23.0. The third kappa shape index (κ3) is 3.69. The van der Waals surface area contributed by atoms with Gasteiger partial charge >= 0.3 is 5.97 Å². The minimum Gasteiger partial charge on any atom is -0.503 e. The average molecular weight is 473 g/mol. The molecule has 10 heteroatoms. The number of thiazole rings is 1. The lowest BCUT2D eigenvalue weighted by molar-refractivity contribution is -0.117. The first-order valence-corrected chi connectivity index (χ1v) is 10.8. The summed E-state index contributed by atoms with van der Waals surface area (Å²) >= 11 is 6.96. The molecule has 0 saturated heterocycles. The van der Waals surface area contributed by atoms with Crippen molar-refractivity contribution in [2.45, 2.75) is 19.9 Å². The van der Waals surface area contributed by atoms with Crippen LogP contribution in [-0.2, 0) is 9.53 Å². The Balaban J connectivity index is 1.84. The number of ether oxygens (including phenoxy) is 1. The van der Waals surface area contributed by atoms with E-state index in [0.29, 0.717) is 16.3 Å². The van der Waals surface area contributed by atoms with Crippen LogP contribution >= 0.6 is 22.9 Å².